The second-order valence-corrected chi connectivity index (χ2v) is 14.5. The Balaban J connectivity index is 1.22. The van der Waals surface area contributed by atoms with Gasteiger partial charge >= 0.3 is 0 Å². The van der Waals surface area contributed by atoms with Crippen LogP contribution < -0.4 is 5.73 Å². The predicted molar refractivity (Wildman–Crippen MR) is 200 cm³/mol. The van der Waals surface area contributed by atoms with Gasteiger partial charge in [0.15, 0.2) is 0 Å². The summed E-state index contributed by atoms with van der Waals surface area (Å²) in [5.41, 5.74) is 11.1. The molecule has 3 aromatic carbocycles. The summed E-state index contributed by atoms with van der Waals surface area (Å²) in [7, 11) is 0. The van der Waals surface area contributed by atoms with Gasteiger partial charge < -0.3 is 5.73 Å². The number of aromatic nitrogens is 12. The highest BCUT2D eigenvalue weighted by Gasteiger charge is 2.29. The zero-order valence-corrected chi connectivity index (χ0v) is 31.0. The van der Waals surface area contributed by atoms with Crippen LogP contribution in [0, 0.1) is 11.8 Å². The van der Waals surface area contributed by atoms with Crippen molar-refractivity contribution in [3.05, 3.63) is 155 Å². The van der Waals surface area contributed by atoms with Crippen molar-refractivity contribution in [2.45, 2.75) is 77.7 Å². The molecular weight excluding hydrogens is 663 g/mol. The number of hydrogen-bond acceptors (Lipinski definition) is 8. The zero-order chi connectivity index (χ0) is 36.9. The van der Waals surface area contributed by atoms with Gasteiger partial charge in [0.05, 0.1) is 30.8 Å². The molecule has 0 aliphatic heterocycles. The lowest BCUT2D eigenvalue weighted by Gasteiger charge is -2.19. The maximum atomic E-state index is 4.76. The SMILES string of the molecule is CC(C)[C@H]([NH3+])c1cn([C@@H](Cc2ccccc2)c2cn([C@@H](Cc3ccccc3)c3cn([C@H](c4cn([C@H](C)c5ccccc5)nn4)C(C)C)nn3)nn2)nn1. The third kappa shape index (κ3) is 8.00. The smallest absolute Gasteiger partial charge is 0.140 e. The minimum atomic E-state index is -0.275. The monoisotopic (exact) mass is 710 g/mol. The highest BCUT2D eigenvalue weighted by Crippen LogP contribution is 2.30. The van der Waals surface area contributed by atoms with Crippen molar-refractivity contribution in [2.75, 3.05) is 0 Å². The summed E-state index contributed by atoms with van der Waals surface area (Å²) in [4.78, 5) is 0. The van der Waals surface area contributed by atoms with Gasteiger partial charge in [0, 0.05) is 18.8 Å². The number of rotatable bonds is 15. The summed E-state index contributed by atoms with van der Waals surface area (Å²) in [5, 5.41) is 37.2. The van der Waals surface area contributed by atoms with Crippen molar-refractivity contribution >= 4 is 0 Å². The van der Waals surface area contributed by atoms with E-state index in [2.05, 4.69) is 122 Å². The van der Waals surface area contributed by atoms with Crippen LogP contribution in [0.2, 0.25) is 0 Å². The zero-order valence-electron chi connectivity index (χ0n) is 31.0. The molecule has 53 heavy (non-hydrogen) atoms. The van der Waals surface area contributed by atoms with Crippen LogP contribution in [0.3, 0.4) is 0 Å². The highest BCUT2D eigenvalue weighted by molar-refractivity contribution is 5.23. The Morgan fingerprint density at radius 2 is 0.887 bits per heavy atom. The Morgan fingerprint density at radius 1 is 0.472 bits per heavy atom. The first kappa shape index (κ1) is 35.6. The van der Waals surface area contributed by atoms with Gasteiger partial charge in [-0.15, -0.1) is 20.4 Å². The van der Waals surface area contributed by atoms with E-state index in [1.807, 2.05) is 73.8 Å². The van der Waals surface area contributed by atoms with Crippen molar-refractivity contribution in [2.24, 2.45) is 11.8 Å². The van der Waals surface area contributed by atoms with Gasteiger partial charge in [-0.1, -0.05) is 140 Å². The molecule has 0 fully saturated rings. The number of hydrogen-bond donors (Lipinski definition) is 1. The Kier molecular flexibility index (Phi) is 10.6. The average molecular weight is 711 g/mol. The molecule has 4 aromatic heterocycles. The molecule has 272 valence electrons. The Labute approximate surface area is 309 Å². The van der Waals surface area contributed by atoms with E-state index in [4.69, 9.17) is 20.6 Å². The van der Waals surface area contributed by atoms with Crippen molar-refractivity contribution in [3.8, 4) is 0 Å². The fourth-order valence-corrected chi connectivity index (χ4v) is 6.75. The maximum Gasteiger partial charge on any atom is 0.140 e. The van der Waals surface area contributed by atoms with E-state index in [0.717, 1.165) is 33.9 Å². The molecule has 4 heterocycles. The molecule has 0 aliphatic rings. The third-order valence-electron chi connectivity index (χ3n) is 10.1. The standard InChI is InChI=1S/C40H47N13/c1-27(2)39(41)35-25-52(48-44-35)37(21-30-15-9-6-10-16-30)33-23-51(47-42-33)38(22-31-17-11-7-12-18-31)34-24-53(49-43-34)40(28(3)4)36-26-50(46-45-36)29(5)32-19-13-8-14-20-32/h6-20,23-29,37-40H,21-22,41H2,1-5H3/p+1/t29-,37+,38+,39+,40+/m1/s1. The first-order valence-electron chi connectivity index (χ1n) is 18.4. The molecule has 7 rings (SSSR count). The predicted octanol–water partition coefficient (Wildman–Crippen LogP) is 5.51. The second-order valence-electron chi connectivity index (χ2n) is 14.5. The van der Waals surface area contributed by atoms with Gasteiger partial charge in [-0.2, -0.15) is 0 Å². The van der Waals surface area contributed by atoms with E-state index >= 15 is 0 Å². The summed E-state index contributed by atoms with van der Waals surface area (Å²) >= 11 is 0. The normalized spacial score (nSPS) is 14.7. The van der Waals surface area contributed by atoms with Gasteiger partial charge in [-0.05, 0) is 29.5 Å². The van der Waals surface area contributed by atoms with Gasteiger partial charge in [0.25, 0.3) is 0 Å². The van der Waals surface area contributed by atoms with Gasteiger partial charge in [0.2, 0.25) is 0 Å². The molecule has 3 N–H and O–H groups in total. The lowest BCUT2D eigenvalue weighted by molar-refractivity contribution is -0.439. The van der Waals surface area contributed by atoms with Crippen LogP contribution in [0.4, 0.5) is 0 Å². The molecule has 7 aromatic rings. The van der Waals surface area contributed by atoms with Crippen molar-refractivity contribution < 1.29 is 5.73 Å². The quantitative estimate of drug-likeness (QED) is 0.146. The summed E-state index contributed by atoms with van der Waals surface area (Å²) < 4.78 is 7.64. The molecule has 13 nitrogen and oxygen atoms in total. The number of nitrogens with zero attached hydrogens (tertiary/aromatic N) is 12. The number of benzene rings is 3. The molecule has 13 heteroatoms. The third-order valence-corrected chi connectivity index (χ3v) is 10.1. The maximum absolute atomic E-state index is 4.76. The fraction of sp³-hybridized carbons (Fsp3) is 0.350. The first-order chi connectivity index (χ1) is 25.7. The van der Waals surface area contributed by atoms with Crippen LogP contribution >= 0.6 is 0 Å². The molecule has 0 amide bonds. The largest absolute Gasteiger partial charge is 0.350 e. The summed E-state index contributed by atoms with van der Waals surface area (Å²) in [5.74, 6) is 0.507. The molecule has 0 unspecified atom stereocenters. The van der Waals surface area contributed by atoms with Crippen LogP contribution in [0.5, 0.6) is 0 Å². The van der Waals surface area contributed by atoms with Crippen LogP contribution in [0.25, 0.3) is 0 Å². The molecule has 0 bridgehead atoms. The molecule has 0 spiro atoms. The van der Waals surface area contributed by atoms with E-state index in [0.29, 0.717) is 18.8 Å². The molecule has 5 atom stereocenters. The van der Waals surface area contributed by atoms with E-state index < -0.39 is 0 Å². The molecule has 0 aliphatic carbocycles. The lowest BCUT2D eigenvalue weighted by Crippen LogP contribution is -2.56. The van der Waals surface area contributed by atoms with E-state index in [-0.39, 0.29) is 36.1 Å². The van der Waals surface area contributed by atoms with Gasteiger partial charge in [-0.25, -0.2) is 18.7 Å². The number of quaternary nitrogens is 1. The summed E-state index contributed by atoms with van der Waals surface area (Å²) in [6.07, 6.45) is 9.38. The summed E-state index contributed by atoms with van der Waals surface area (Å²) in [6, 6.07) is 30.5. The van der Waals surface area contributed by atoms with Crippen molar-refractivity contribution in [1.82, 2.24) is 60.0 Å². The van der Waals surface area contributed by atoms with Crippen LogP contribution in [-0.4, -0.2) is 60.0 Å². The minimum Gasteiger partial charge on any atom is -0.350 e. The van der Waals surface area contributed by atoms with Gasteiger partial charge in [-0.3, -0.25) is 0 Å². The highest BCUT2D eigenvalue weighted by atomic mass is 15.5. The fourth-order valence-electron chi connectivity index (χ4n) is 6.75. The van der Waals surface area contributed by atoms with Crippen LogP contribution in [-0.2, 0) is 12.8 Å². The second kappa shape index (κ2) is 15.8. The first-order valence-corrected chi connectivity index (χ1v) is 18.4. The lowest BCUT2D eigenvalue weighted by atomic mass is 10.0. The van der Waals surface area contributed by atoms with Crippen molar-refractivity contribution in [3.63, 3.8) is 0 Å². The Morgan fingerprint density at radius 3 is 1.42 bits per heavy atom. The van der Waals surface area contributed by atoms with Crippen LogP contribution in [0.1, 0.15) is 104 Å². The van der Waals surface area contributed by atoms with Crippen LogP contribution in [0.15, 0.2) is 116 Å². The minimum absolute atomic E-state index is 0.0288. The molecule has 0 saturated carbocycles. The van der Waals surface area contributed by atoms with Gasteiger partial charge in [0.1, 0.15) is 46.9 Å². The topological polar surface area (TPSA) is 150 Å². The molecule has 0 radical (unpaired) electrons. The molecular formula is C40H48N13+. The van der Waals surface area contributed by atoms with E-state index in [9.17, 15) is 0 Å². The van der Waals surface area contributed by atoms with E-state index in [1.165, 1.54) is 5.56 Å². The Bertz CT molecular complexity index is 2170. The Hall–Kier alpha value is -5.82. The van der Waals surface area contributed by atoms with Crippen molar-refractivity contribution in [1.29, 1.82) is 0 Å². The molecule has 0 saturated heterocycles. The van der Waals surface area contributed by atoms with E-state index in [1.54, 1.807) is 0 Å². The average Bonchev–Trinajstić information content (AvgIpc) is 4.02. The summed E-state index contributed by atoms with van der Waals surface area (Å²) in [6.45, 7) is 10.7.